The van der Waals surface area contributed by atoms with Crippen LogP contribution in [0.3, 0.4) is 0 Å². The van der Waals surface area contributed by atoms with Crippen LogP contribution in [0.2, 0.25) is 0 Å². The van der Waals surface area contributed by atoms with Gasteiger partial charge in [0.05, 0.1) is 30.8 Å². The quantitative estimate of drug-likeness (QED) is 0.528. The number of ether oxygens (including phenoxy) is 3. The summed E-state index contributed by atoms with van der Waals surface area (Å²) in [6, 6.07) is 5.71. The van der Waals surface area contributed by atoms with Gasteiger partial charge in [0.1, 0.15) is 0 Å². The van der Waals surface area contributed by atoms with Gasteiger partial charge in [-0.25, -0.2) is 0 Å². The summed E-state index contributed by atoms with van der Waals surface area (Å²) in [6.07, 6.45) is 4.18. The molecule has 1 saturated heterocycles. The summed E-state index contributed by atoms with van der Waals surface area (Å²) in [7, 11) is 1.62. The Kier molecular flexibility index (Phi) is 7.02. The van der Waals surface area contributed by atoms with Gasteiger partial charge in [0.2, 0.25) is 0 Å². The first-order valence-electron chi connectivity index (χ1n) is 9.74. The lowest BCUT2D eigenvalue weighted by molar-refractivity contribution is -0.113. The number of carbonyl (C=O) groups excluding carboxylic acids is 1. The van der Waals surface area contributed by atoms with Crippen LogP contribution in [-0.4, -0.2) is 55.0 Å². The first-order chi connectivity index (χ1) is 13.5. The molecule has 2 atom stereocenters. The number of hydrogen-bond acceptors (Lipinski definition) is 6. The van der Waals surface area contributed by atoms with Crippen LogP contribution in [-0.2, 0) is 9.53 Å². The third-order valence-corrected chi connectivity index (χ3v) is 5.58. The topological polar surface area (TPSA) is 60.4 Å². The Bertz CT molecular complexity index is 768. The first kappa shape index (κ1) is 20.7. The number of nitrogens with zero attached hydrogens (tertiary/aromatic N) is 2. The summed E-state index contributed by atoms with van der Waals surface area (Å²) < 4.78 is 17.0. The van der Waals surface area contributed by atoms with E-state index in [-0.39, 0.29) is 18.1 Å². The largest absolute Gasteiger partial charge is 0.493 e. The van der Waals surface area contributed by atoms with E-state index in [0.29, 0.717) is 17.3 Å². The van der Waals surface area contributed by atoms with Gasteiger partial charge in [-0.15, -0.1) is 0 Å². The van der Waals surface area contributed by atoms with Gasteiger partial charge in [0.25, 0.3) is 5.91 Å². The van der Waals surface area contributed by atoms with Gasteiger partial charge in [-0.1, -0.05) is 19.4 Å². The van der Waals surface area contributed by atoms with Crippen molar-refractivity contribution in [2.45, 2.75) is 45.8 Å². The monoisotopic (exact) mass is 404 g/mol. The van der Waals surface area contributed by atoms with Crippen LogP contribution in [0.15, 0.2) is 28.1 Å². The number of benzene rings is 1. The lowest BCUT2D eigenvalue weighted by Gasteiger charge is -2.35. The number of amidine groups is 1. The van der Waals surface area contributed by atoms with Crippen molar-refractivity contribution in [1.29, 1.82) is 0 Å². The second kappa shape index (κ2) is 9.47. The maximum Gasteiger partial charge on any atom is 0.286 e. The fraction of sp³-hybridized carbons (Fsp3) is 0.524. The highest BCUT2D eigenvalue weighted by Gasteiger charge is 2.31. The molecule has 1 aromatic carbocycles. The predicted molar refractivity (Wildman–Crippen MR) is 113 cm³/mol. The molecule has 3 rings (SSSR count). The van der Waals surface area contributed by atoms with Gasteiger partial charge in [-0.3, -0.25) is 4.79 Å². The lowest BCUT2D eigenvalue weighted by atomic mass is 10.2. The molecule has 1 fully saturated rings. The molecule has 2 aliphatic rings. The van der Waals surface area contributed by atoms with Crippen molar-refractivity contribution in [3.63, 3.8) is 0 Å². The maximum atomic E-state index is 12.4. The molecule has 0 spiro atoms. The van der Waals surface area contributed by atoms with E-state index in [9.17, 15) is 4.79 Å². The molecule has 7 heteroatoms. The number of morpholine rings is 1. The van der Waals surface area contributed by atoms with Gasteiger partial charge in [-0.2, -0.15) is 4.99 Å². The van der Waals surface area contributed by atoms with Gasteiger partial charge >= 0.3 is 0 Å². The third-order valence-electron chi connectivity index (χ3n) is 4.54. The molecule has 1 aromatic rings. The van der Waals surface area contributed by atoms with Crippen molar-refractivity contribution in [3.8, 4) is 11.5 Å². The van der Waals surface area contributed by atoms with Crippen molar-refractivity contribution < 1.29 is 19.0 Å². The normalized spacial score (nSPS) is 23.9. The molecular formula is C21H28N2O4S. The van der Waals surface area contributed by atoms with E-state index in [1.807, 2.05) is 38.1 Å². The fourth-order valence-electron chi connectivity index (χ4n) is 3.24. The average Bonchev–Trinajstić information content (AvgIpc) is 3.02. The Hall–Kier alpha value is -1.99. The summed E-state index contributed by atoms with van der Waals surface area (Å²) in [5.74, 6) is 1.18. The van der Waals surface area contributed by atoms with Crippen molar-refractivity contribution in [1.82, 2.24) is 4.90 Å². The number of hydrogen-bond donors (Lipinski definition) is 0. The summed E-state index contributed by atoms with van der Waals surface area (Å²) in [6.45, 7) is 8.36. The Morgan fingerprint density at radius 1 is 1.29 bits per heavy atom. The zero-order valence-corrected chi connectivity index (χ0v) is 17.8. The highest BCUT2D eigenvalue weighted by atomic mass is 32.2. The Morgan fingerprint density at radius 3 is 2.71 bits per heavy atom. The molecule has 152 valence electrons. The molecule has 0 aliphatic carbocycles. The summed E-state index contributed by atoms with van der Waals surface area (Å²) in [5.41, 5.74) is 0.885. The summed E-state index contributed by atoms with van der Waals surface area (Å²) >= 11 is 1.42. The first-order valence-corrected chi connectivity index (χ1v) is 10.6. The van der Waals surface area contributed by atoms with Crippen LogP contribution >= 0.6 is 11.8 Å². The highest BCUT2D eigenvalue weighted by Crippen LogP contribution is 2.34. The van der Waals surface area contributed by atoms with E-state index in [1.165, 1.54) is 11.8 Å². The molecule has 6 nitrogen and oxygen atoms in total. The SMILES string of the molecule is CCCCOc1ccc(/C=C2/SC(N3CC(C)OC(C)C3)=NC2=O)cc1OC. The molecule has 0 aromatic heterocycles. The van der Waals surface area contributed by atoms with Gasteiger partial charge < -0.3 is 19.1 Å². The number of thioether (sulfide) groups is 1. The summed E-state index contributed by atoms with van der Waals surface area (Å²) in [5, 5.41) is 0.754. The van der Waals surface area contributed by atoms with Crippen molar-refractivity contribution in [2.24, 2.45) is 4.99 Å². The number of carbonyl (C=O) groups is 1. The van der Waals surface area contributed by atoms with E-state index >= 15 is 0 Å². The molecule has 0 bridgehead atoms. The number of rotatable bonds is 6. The predicted octanol–water partition coefficient (Wildman–Crippen LogP) is 3.95. The molecule has 1 amide bonds. The zero-order valence-electron chi connectivity index (χ0n) is 16.9. The molecule has 0 saturated carbocycles. The second-order valence-corrected chi connectivity index (χ2v) is 8.09. The lowest BCUT2D eigenvalue weighted by Crippen LogP contribution is -2.47. The molecule has 2 heterocycles. The standard InChI is InChI=1S/C21H28N2O4S/c1-5-6-9-26-17-8-7-16(10-18(17)25-4)11-19-20(24)22-21(28-19)23-12-14(2)27-15(3)13-23/h7-8,10-11,14-15H,5-6,9,12-13H2,1-4H3/b19-11+. The van der Waals surface area contributed by atoms with Gasteiger partial charge in [0.15, 0.2) is 16.7 Å². The number of unbranched alkanes of at least 4 members (excludes halogenated alkanes) is 1. The maximum absolute atomic E-state index is 12.4. The smallest absolute Gasteiger partial charge is 0.286 e. The van der Waals surface area contributed by atoms with Crippen LogP contribution in [0.1, 0.15) is 39.2 Å². The minimum absolute atomic E-state index is 0.125. The Morgan fingerprint density at radius 2 is 2.04 bits per heavy atom. The van der Waals surface area contributed by atoms with Crippen molar-refractivity contribution >= 4 is 28.9 Å². The number of methoxy groups -OCH3 is 1. The Balaban J connectivity index is 1.71. The number of amides is 1. The van der Waals surface area contributed by atoms with E-state index in [0.717, 1.165) is 42.4 Å². The molecule has 0 radical (unpaired) electrons. The van der Waals surface area contributed by atoms with E-state index in [4.69, 9.17) is 14.2 Å². The Labute approximate surface area is 170 Å². The van der Waals surface area contributed by atoms with Gasteiger partial charge in [-0.05, 0) is 55.8 Å². The third kappa shape index (κ3) is 5.08. The average molecular weight is 405 g/mol. The van der Waals surface area contributed by atoms with Crippen LogP contribution in [0, 0.1) is 0 Å². The molecular weight excluding hydrogens is 376 g/mol. The van der Waals surface area contributed by atoms with Crippen molar-refractivity contribution in [2.75, 3.05) is 26.8 Å². The summed E-state index contributed by atoms with van der Waals surface area (Å²) in [4.78, 5) is 19.4. The number of aliphatic imine (C=N–C) groups is 1. The van der Waals surface area contributed by atoms with E-state index < -0.39 is 0 Å². The van der Waals surface area contributed by atoms with E-state index in [2.05, 4.69) is 16.8 Å². The van der Waals surface area contributed by atoms with Crippen LogP contribution < -0.4 is 9.47 Å². The minimum atomic E-state index is -0.200. The fourth-order valence-corrected chi connectivity index (χ4v) is 4.17. The molecule has 2 unspecified atom stereocenters. The highest BCUT2D eigenvalue weighted by molar-refractivity contribution is 8.18. The molecule has 0 N–H and O–H groups in total. The molecule has 28 heavy (non-hydrogen) atoms. The molecule has 2 aliphatic heterocycles. The van der Waals surface area contributed by atoms with Crippen LogP contribution in [0.4, 0.5) is 0 Å². The van der Waals surface area contributed by atoms with Crippen LogP contribution in [0.25, 0.3) is 6.08 Å². The van der Waals surface area contributed by atoms with Crippen molar-refractivity contribution in [3.05, 3.63) is 28.7 Å². The second-order valence-electron chi connectivity index (χ2n) is 7.08. The minimum Gasteiger partial charge on any atom is -0.493 e. The van der Waals surface area contributed by atoms with Gasteiger partial charge in [0, 0.05) is 13.1 Å². The van der Waals surface area contributed by atoms with E-state index in [1.54, 1.807) is 7.11 Å². The zero-order chi connectivity index (χ0) is 20.1. The van der Waals surface area contributed by atoms with Crippen LogP contribution in [0.5, 0.6) is 11.5 Å².